The molecular formula is C14H16O2. The first-order valence-corrected chi connectivity index (χ1v) is 5.67. The van der Waals surface area contributed by atoms with Crippen LogP contribution in [0.4, 0.5) is 0 Å². The van der Waals surface area contributed by atoms with E-state index in [1.54, 1.807) is 0 Å². The molecular weight excluding hydrogens is 200 g/mol. The van der Waals surface area contributed by atoms with Crippen molar-refractivity contribution in [2.75, 3.05) is 6.61 Å². The second kappa shape index (κ2) is 4.52. The van der Waals surface area contributed by atoms with Crippen LogP contribution in [0.5, 0.6) is 0 Å². The molecule has 0 N–H and O–H groups in total. The summed E-state index contributed by atoms with van der Waals surface area (Å²) in [5.74, 6) is 0.804. The lowest BCUT2D eigenvalue weighted by molar-refractivity contribution is -0.121. The molecule has 1 aliphatic rings. The van der Waals surface area contributed by atoms with Crippen molar-refractivity contribution in [1.29, 1.82) is 0 Å². The van der Waals surface area contributed by atoms with Crippen LogP contribution in [0.1, 0.15) is 25.3 Å². The van der Waals surface area contributed by atoms with Gasteiger partial charge in [-0.25, -0.2) is 0 Å². The minimum absolute atomic E-state index is 0.0102. The summed E-state index contributed by atoms with van der Waals surface area (Å²) >= 11 is 0. The van der Waals surface area contributed by atoms with Gasteiger partial charge < -0.3 is 4.74 Å². The van der Waals surface area contributed by atoms with Crippen LogP contribution in [-0.2, 0) is 9.53 Å². The zero-order chi connectivity index (χ0) is 11.5. The van der Waals surface area contributed by atoms with E-state index in [1.807, 2.05) is 38.1 Å². The van der Waals surface area contributed by atoms with Crippen LogP contribution in [0.3, 0.4) is 0 Å². The molecule has 1 aromatic carbocycles. The maximum absolute atomic E-state index is 11.9. The molecule has 2 rings (SSSR count). The second-order valence-corrected chi connectivity index (χ2v) is 4.05. The molecule has 0 aliphatic heterocycles. The van der Waals surface area contributed by atoms with Crippen molar-refractivity contribution in [3.05, 3.63) is 47.7 Å². The van der Waals surface area contributed by atoms with Gasteiger partial charge >= 0.3 is 0 Å². The van der Waals surface area contributed by atoms with E-state index in [1.165, 1.54) is 5.56 Å². The molecule has 0 aromatic heterocycles. The Kier molecular flexibility index (Phi) is 3.09. The zero-order valence-electron chi connectivity index (χ0n) is 9.64. The van der Waals surface area contributed by atoms with Crippen LogP contribution in [0.2, 0.25) is 0 Å². The second-order valence-electron chi connectivity index (χ2n) is 4.05. The summed E-state index contributed by atoms with van der Waals surface area (Å²) in [6, 6.07) is 10.1. The third-order valence-electron chi connectivity index (χ3n) is 3.01. The van der Waals surface area contributed by atoms with Gasteiger partial charge in [-0.1, -0.05) is 37.3 Å². The van der Waals surface area contributed by atoms with Gasteiger partial charge in [0.05, 0.1) is 6.61 Å². The van der Waals surface area contributed by atoms with Gasteiger partial charge in [-0.2, -0.15) is 0 Å². The molecule has 2 heteroatoms. The molecule has 0 bridgehead atoms. The Balaban J connectivity index is 2.27. The van der Waals surface area contributed by atoms with E-state index >= 15 is 0 Å². The van der Waals surface area contributed by atoms with Crippen LogP contribution in [0, 0.1) is 5.92 Å². The van der Waals surface area contributed by atoms with Crippen molar-refractivity contribution in [1.82, 2.24) is 0 Å². The minimum atomic E-state index is -0.0102. The van der Waals surface area contributed by atoms with Crippen molar-refractivity contribution in [3.63, 3.8) is 0 Å². The third kappa shape index (κ3) is 1.87. The fourth-order valence-electron chi connectivity index (χ4n) is 2.11. The van der Waals surface area contributed by atoms with E-state index in [0.29, 0.717) is 12.4 Å². The van der Waals surface area contributed by atoms with Gasteiger partial charge in [0.1, 0.15) is 0 Å². The molecule has 1 aromatic rings. The first-order chi connectivity index (χ1) is 7.74. The molecule has 0 radical (unpaired) electrons. The molecule has 2 unspecified atom stereocenters. The normalized spacial score (nSPS) is 24.4. The van der Waals surface area contributed by atoms with Gasteiger partial charge in [0.15, 0.2) is 5.76 Å². The van der Waals surface area contributed by atoms with E-state index < -0.39 is 0 Å². The number of benzene rings is 1. The van der Waals surface area contributed by atoms with E-state index in [9.17, 15) is 4.79 Å². The SMILES string of the molecule is CCOC1=CC(c2ccccc2)C(C)C1=O. The fourth-order valence-corrected chi connectivity index (χ4v) is 2.11. The molecule has 0 spiro atoms. The Morgan fingerprint density at radius 1 is 1.25 bits per heavy atom. The zero-order valence-corrected chi connectivity index (χ0v) is 9.64. The van der Waals surface area contributed by atoms with Gasteiger partial charge in [-0.05, 0) is 18.6 Å². The summed E-state index contributed by atoms with van der Waals surface area (Å²) in [5, 5.41) is 0. The number of hydrogen-bond donors (Lipinski definition) is 0. The molecule has 2 nitrogen and oxygen atoms in total. The number of allylic oxidation sites excluding steroid dienone is 2. The van der Waals surface area contributed by atoms with Gasteiger partial charge in [-0.15, -0.1) is 0 Å². The molecule has 84 valence electrons. The van der Waals surface area contributed by atoms with Crippen LogP contribution in [0.15, 0.2) is 42.2 Å². The molecule has 16 heavy (non-hydrogen) atoms. The van der Waals surface area contributed by atoms with Crippen molar-refractivity contribution in [2.24, 2.45) is 5.92 Å². The van der Waals surface area contributed by atoms with Crippen molar-refractivity contribution < 1.29 is 9.53 Å². The number of hydrogen-bond acceptors (Lipinski definition) is 2. The lowest BCUT2D eigenvalue weighted by atomic mass is 9.90. The molecule has 0 saturated heterocycles. The number of ketones is 1. The Hall–Kier alpha value is -1.57. The number of ether oxygens (including phenoxy) is 1. The first-order valence-electron chi connectivity index (χ1n) is 5.67. The predicted octanol–water partition coefficient (Wildman–Crippen LogP) is 2.91. The lowest BCUT2D eigenvalue weighted by Crippen LogP contribution is -2.13. The molecule has 2 atom stereocenters. The van der Waals surface area contributed by atoms with Crippen LogP contribution in [0.25, 0.3) is 0 Å². The highest BCUT2D eigenvalue weighted by atomic mass is 16.5. The van der Waals surface area contributed by atoms with Crippen molar-refractivity contribution in [2.45, 2.75) is 19.8 Å². The molecule has 0 heterocycles. The highest BCUT2D eigenvalue weighted by Crippen LogP contribution is 2.35. The van der Waals surface area contributed by atoms with E-state index in [-0.39, 0.29) is 17.6 Å². The number of Topliss-reactive ketones (excluding diaryl/α,β-unsaturated/α-hetero) is 1. The van der Waals surface area contributed by atoms with Crippen molar-refractivity contribution >= 4 is 5.78 Å². The standard InChI is InChI=1S/C14H16O2/c1-3-16-13-9-12(10(2)14(13)15)11-7-5-4-6-8-11/h4-10,12H,3H2,1-2H3. The largest absolute Gasteiger partial charge is 0.490 e. The topological polar surface area (TPSA) is 26.3 Å². The van der Waals surface area contributed by atoms with Gasteiger partial charge in [-0.3, -0.25) is 4.79 Å². The fraction of sp³-hybridized carbons (Fsp3) is 0.357. The minimum Gasteiger partial charge on any atom is -0.490 e. The van der Waals surface area contributed by atoms with Crippen LogP contribution >= 0.6 is 0 Å². The Bertz CT molecular complexity index is 406. The summed E-state index contributed by atoms with van der Waals surface area (Å²) in [5.41, 5.74) is 1.18. The summed E-state index contributed by atoms with van der Waals surface area (Å²) in [4.78, 5) is 11.9. The predicted molar refractivity (Wildman–Crippen MR) is 63.1 cm³/mol. The van der Waals surface area contributed by atoms with E-state index in [4.69, 9.17) is 4.74 Å². The summed E-state index contributed by atoms with van der Waals surface area (Å²) in [6.07, 6.45) is 1.95. The maximum Gasteiger partial charge on any atom is 0.200 e. The highest BCUT2D eigenvalue weighted by Gasteiger charge is 2.34. The van der Waals surface area contributed by atoms with Gasteiger partial charge in [0.25, 0.3) is 0 Å². The number of carbonyl (C=O) groups excluding carboxylic acids is 1. The average Bonchev–Trinajstić information content (AvgIpc) is 2.59. The Morgan fingerprint density at radius 3 is 2.56 bits per heavy atom. The highest BCUT2D eigenvalue weighted by molar-refractivity contribution is 5.98. The van der Waals surface area contributed by atoms with Crippen LogP contribution in [-0.4, -0.2) is 12.4 Å². The summed E-state index contributed by atoms with van der Waals surface area (Å²) in [7, 11) is 0. The van der Waals surface area contributed by atoms with Gasteiger partial charge in [0.2, 0.25) is 5.78 Å². The van der Waals surface area contributed by atoms with E-state index in [2.05, 4.69) is 12.1 Å². The molecule has 0 amide bonds. The number of carbonyl (C=O) groups is 1. The Morgan fingerprint density at radius 2 is 1.94 bits per heavy atom. The molecule has 1 aliphatic carbocycles. The average molecular weight is 216 g/mol. The van der Waals surface area contributed by atoms with Crippen molar-refractivity contribution in [3.8, 4) is 0 Å². The quantitative estimate of drug-likeness (QED) is 0.776. The number of rotatable bonds is 3. The maximum atomic E-state index is 11.9. The molecule has 0 fully saturated rings. The molecule has 0 saturated carbocycles. The Labute approximate surface area is 95.9 Å². The third-order valence-corrected chi connectivity index (χ3v) is 3.01. The van der Waals surface area contributed by atoms with Crippen LogP contribution < -0.4 is 0 Å². The summed E-state index contributed by atoms with van der Waals surface area (Å²) < 4.78 is 5.35. The van der Waals surface area contributed by atoms with E-state index in [0.717, 1.165) is 0 Å². The van der Waals surface area contributed by atoms with Gasteiger partial charge in [0, 0.05) is 11.8 Å². The monoisotopic (exact) mass is 216 g/mol. The summed E-state index contributed by atoms with van der Waals surface area (Å²) in [6.45, 7) is 4.41. The lowest BCUT2D eigenvalue weighted by Gasteiger charge is -2.12. The first kappa shape index (κ1) is 10.9. The smallest absolute Gasteiger partial charge is 0.200 e.